The number of fused-ring (bicyclic) bond motifs is 4. The number of benzene rings is 3. The molecule has 166 valence electrons. The quantitative estimate of drug-likeness (QED) is 0.418. The van der Waals surface area contributed by atoms with Crippen LogP contribution in [0.4, 0.5) is 0 Å². The summed E-state index contributed by atoms with van der Waals surface area (Å²) in [6.45, 7) is 1.59. The Kier molecular flexibility index (Phi) is 4.62. The van der Waals surface area contributed by atoms with Crippen molar-refractivity contribution < 1.29 is 9.84 Å². The van der Waals surface area contributed by atoms with Gasteiger partial charge in [0, 0.05) is 36.7 Å². The number of para-hydroxylation sites is 3. The lowest BCUT2D eigenvalue weighted by Crippen LogP contribution is -2.37. The molecule has 6 nitrogen and oxygen atoms in total. The largest absolute Gasteiger partial charge is 0.504 e. The number of H-pyrrole nitrogens is 1. The maximum atomic E-state index is 10.3. The Bertz CT molecular complexity index is 1480. The summed E-state index contributed by atoms with van der Waals surface area (Å²) in [5.74, 6) is 1.67. The van der Waals surface area contributed by atoms with Gasteiger partial charge < -0.3 is 19.4 Å². The van der Waals surface area contributed by atoms with Gasteiger partial charge in [0.05, 0.1) is 18.1 Å². The summed E-state index contributed by atoms with van der Waals surface area (Å²) < 4.78 is 7.44. The van der Waals surface area contributed by atoms with Gasteiger partial charge in [-0.15, -0.1) is 0 Å². The number of aryl methyl sites for hydroxylation is 1. The second-order valence-corrected chi connectivity index (χ2v) is 8.71. The van der Waals surface area contributed by atoms with E-state index in [1.165, 1.54) is 16.6 Å². The monoisotopic (exact) mass is 438 g/mol. The van der Waals surface area contributed by atoms with Crippen LogP contribution in [0.5, 0.6) is 11.5 Å². The third-order valence-corrected chi connectivity index (χ3v) is 6.83. The summed E-state index contributed by atoms with van der Waals surface area (Å²) in [5.41, 5.74) is 6.90. The molecule has 1 aliphatic rings. The van der Waals surface area contributed by atoms with E-state index < -0.39 is 0 Å². The highest BCUT2D eigenvalue weighted by atomic mass is 16.5. The minimum atomic E-state index is -0.0252. The number of phenolic OH excluding ortho intramolecular Hbond substituents is 1. The van der Waals surface area contributed by atoms with Crippen molar-refractivity contribution in [2.24, 2.45) is 7.05 Å². The molecule has 1 aliphatic heterocycles. The molecule has 0 fully saturated rings. The van der Waals surface area contributed by atoms with Crippen molar-refractivity contribution in [2.75, 3.05) is 13.7 Å². The van der Waals surface area contributed by atoms with Crippen LogP contribution in [0.3, 0.4) is 0 Å². The van der Waals surface area contributed by atoms with Crippen molar-refractivity contribution >= 4 is 21.9 Å². The van der Waals surface area contributed by atoms with Crippen LogP contribution >= 0.6 is 0 Å². The van der Waals surface area contributed by atoms with Crippen molar-refractivity contribution in [3.8, 4) is 11.5 Å². The molecular weight excluding hydrogens is 412 g/mol. The number of imidazole rings is 1. The van der Waals surface area contributed by atoms with Crippen molar-refractivity contribution in [3.05, 3.63) is 89.4 Å². The molecule has 0 radical (unpaired) electrons. The minimum Gasteiger partial charge on any atom is -0.504 e. The molecule has 0 saturated heterocycles. The summed E-state index contributed by atoms with van der Waals surface area (Å²) in [4.78, 5) is 11.2. The number of rotatable bonds is 4. The summed E-state index contributed by atoms with van der Waals surface area (Å²) in [6, 6.07) is 22.4. The predicted molar refractivity (Wildman–Crippen MR) is 130 cm³/mol. The smallest absolute Gasteiger partial charge is 0.160 e. The third-order valence-electron chi connectivity index (χ3n) is 6.83. The Morgan fingerprint density at radius 1 is 1.09 bits per heavy atom. The lowest BCUT2D eigenvalue weighted by atomic mass is 9.96. The summed E-state index contributed by atoms with van der Waals surface area (Å²) in [6.07, 6.45) is 0.960. The van der Waals surface area contributed by atoms with Gasteiger partial charge in [-0.3, -0.25) is 4.90 Å². The Hall–Kier alpha value is -3.77. The van der Waals surface area contributed by atoms with E-state index in [9.17, 15) is 5.11 Å². The SMILES string of the molecule is COc1ccc(CN2CCc3c([nH]c4ccccc34)[C@H]2c2nc3ccccc3n2C)cc1O. The number of aromatic hydroxyl groups is 1. The second-order valence-electron chi connectivity index (χ2n) is 8.71. The normalized spacial score (nSPS) is 16.4. The van der Waals surface area contributed by atoms with Gasteiger partial charge in [0.25, 0.3) is 0 Å². The van der Waals surface area contributed by atoms with E-state index in [0.29, 0.717) is 12.3 Å². The Morgan fingerprint density at radius 2 is 1.91 bits per heavy atom. The van der Waals surface area contributed by atoms with E-state index in [-0.39, 0.29) is 11.8 Å². The zero-order valence-corrected chi connectivity index (χ0v) is 18.7. The fourth-order valence-corrected chi connectivity index (χ4v) is 5.23. The molecule has 1 atom stereocenters. The van der Waals surface area contributed by atoms with Gasteiger partial charge in [0.2, 0.25) is 0 Å². The van der Waals surface area contributed by atoms with E-state index in [2.05, 4.69) is 64.0 Å². The van der Waals surface area contributed by atoms with Crippen LogP contribution in [0.1, 0.15) is 28.7 Å². The van der Waals surface area contributed by atoms with Crippen LogP contribution in [0.15, 0.2) is 66.7 Å². The highest BCUT2D eigenvalue weighted by Gasteiger charge is 2.34. The molecule has 3 heterocycles. The first kappa shape index (κ1) is 19.9. The topological polar surface area (TPSA) is 66.3 Å². The molecule has 6 heteroatoms. The van der Waals surface area contributed by atoms with Crippen LogP contribution in [0.25, 0.3) is 21.9 Å². The first-order valence-corrected chi connectivity index (χ1v) is 11.2. The number of nitrogens with one attached hydrogen (secondary N) is 1. The zero-order chi connectivity index (χ0) is 22.5. The Balaban J connectivity index is 1.50. The molecule has 2 N–H and O–H groups in total. The molecule has 0 bridgehead atoms. The maximum Gasteiger partial charge on any atom is 0.160 e. The van der Waals surface area contributed by atoms with E-state index in [4.69, 9.17) is 9.72 Å². The average Bonchev–Trinajstić information content (AvgIpc) is 3.37. The Labute approximate surface area is 192 Å². The van der Waals surface area contributed by atoms with Gasteiger partial charge >= 0.3 is 0 Å². The molecular formula is C27H26N4O2. The van der Waals surface area contributed by atoms with Gasteiger partial charge in [-0.2, -0.15) is 0 Å². The first-order chi connectivity index (χ1) is 16.1. The van der Waals surface area contributed by atoms with Gasteiger partial charge in [-0.05, 0) is 47.9 Å². The van der Waals surface area contributed by atoms with Crippen LogP contribution in [0, 0.1) is 0 Å². The molecule has 33 heavy (non-hydrogen) atoms. The fourth-order valence-electron chi connectivity index (χ4n) is 5.23. The Morgan fingerprint density at radius 3 is 2.73 bits per heavy atom. The molecule has 2 aromatic heterocycles. The number of hydrogen-bond acceptors (Lipinski definition) is 4. The van der Waals surface area contributed by atoms with Crippen molar-refractivity contribution in [2.45, 2.75) is 19.0 Å². The number of phenols is 1. The average molecular weight is 439 g/mol. The van der Waals surface area contributed by atoms with E-state index in [1.54, 1.807) is 13.2 Å². The molecule has 3 aromatic carbocycles. The molecule has 5 aromatic rings. The minimum absolute atomic E-state index is 0.0252. The van der Waals surface area contributed by atoms with Crippen molar-refractivity contribution in [1.29, 1.82) is 0 Å². The second kappa shape index (κ2) is 7.67. The van der Waals surface area contributed by atoms with E-state index >= 15 is 0 Å². The lowest BCUT2D eigenvalue weighted by molar-refractivity contribution is 0.192. The number of aromatic amines is 1. The summed E-state index contributed by atoms with van der Waals surface area (Å²) in [5, 5.41) is 11.6. The first-order valence-electron chi connectivity index (χ1n) is 11.2. The highest BCUT2D eigenvalue weighted by Crippen LogP contribution is 2.40. The van der Waals surface area contributed by atoms with Gasteiger partial charge in [-0.1, -0.05) is 36.4 Å². The van der Waals surface area contributed by atoms with Crippen LogP contribution in [-0.2, 0) is 20.0 Å². The molecule has 0 aliphatic carbocycles. The number of ether oxygens (including phenoxy) is 1. The molecule has 0 unspecified atom stereocenters. The van der Waals surface area contributed by atoms with Crippen molar-refractivity contribution in [1.82, 2.24) is 19.4 Å². The fraction of sp³-hybridized carbons (Fsp3) is 0.222. The number of nitrogens with zero attached hydrogens (tertiary/aromatic N) is 3. The molecule has 0 spiro atoms. The number of hydrogen-bond donors (Lipinski definition) is 2. The van der Waals surface area contributed by atoms with Crippen molar-refractivity contribution in [3.63, 3.8) is 0 Å². The third kappa shape index (κ3) is 3.17. The van der Waals surface area contributed by atoms with Gasteiger partial charge in [0.15, 0.2) is 11.5 Å². The predicted octanol–water partition coefficient (Wildman–Crippen LogP) is 4.92. The maximum absolute atomic E-state index is 10.3. The van der Waals surface area contributed by atoms with Crippen LogP contribution in [0.2, 0.25) is 0 Å². The summed E-state index contributed by atoms with van der Waals surface area (Å²) in [7, 11) is 3.66. The van der Waals surface area contributed by atoms with Gasteiger partial charge in [0.1, 0.15) is 11.9 Å². The summed E-state index contributed by atoms with van der Waals surface area (Å²) >= 11 is 0. The molecule has 0 amide bonds. The van der Waals surface area contributed by atoms with Gasteiger partial charge in [-0.25, -0.2) is 4.98 Å². The van der Waals surface area contributed by atoms with E-state index in [1.807, 2.05) is 18.2 Å². The highest BCUT2D eigenvalue weighted by molar-refractivity contribution is 5.85. The number of aromatic nitrogens is 3. The lowest BCUT2D eigenvalue weighted by Gasteiger charge is -2.35. The van der Waals surface area contributed by atoms with E-state index in [0.717, 1.165) is 40.9 Å². The molecule has 6 rings (SSSR count). The number of methoxy groups -OCH3 is 1. The zero-order valence-electron chi connectivity index (χ0n) is 18.7. The van der Waals surface area contributed by atoms with Crippen LogP contribution < -0.4 is 4.74 Å². The molecule has 0 saturated carbocycles. The van der Waals surface area contributed by atoms with Crippen LogP contribution in [-0.4, -0.2) is 38.2 Å². The standard InChI is InChI=1S/C27H26N4O2/c1-30-22-10-6-5-9-21(22)29-27(30)26-25-19(18-7-3-4-8-20(18)28-25)13-14-31(26)16-17-11-12-24(33-2)23(32)15-17/h3-12,15,26,28,32H,13-14,16H2,1-2H3/t26-/m0/s1.